The van der Waals surface area contributed by atoms with Crippen LogP contribution in [-0.4, -0.2) is 31.4 Å². The summed E-state index contributed by atoms with van der Waals surface area (Å²) in [5.74, 6) is -1.93. The molecule has 3 rings (SSSR count). The van der Waals surface area contributed by atoms with Crippen molar-refractivity contribution in [2.24, 2.45) is 16.5 Å². The standard InChI is InChI=1S/C23H21Cl2N5O5S/c24-15-7-14(8-16(25)10-15)20(12-21(31)32)30-36(34,35)19-6-2-5-18(11-19)28-22(33)13-3-1-4-17(9-13)29-23(26)27/h1-11,20,30H,12H2,(H,28,33)(H,31,32)(H4,26,27,29). The Labute approximate surface area is 217 Å². The molecule has 1 amide bonds. The first-order valence-corrected chi connectivity index (χ1v) is 12.5. The van der Waals surface area contributed by atoms with Crippen LogP contribution >= 0.6 is 23.2 Å². The van der Waals surface area contributed by atoms with Crippen LogP contribution in [0.3, 0.4) is 0 Å². The molecule has 0 aliphatic rings. The number of benzene rings is 3. The number of anilines is 1. The monoisotopic (exact) mass is 549 g/mol. The van der Waals surface area contributed by atoms with Crippen LogP contribution in [0.2, 0.25) is 10.0 Å². The zero-order valence-electron chi connectivity index (χ0n) is 18.5. The van der Waals surface area contributed by atoms with Gasteiger partial charge >= 0.3 is 5.97 Å². The van der Waals surface area contributed by atoms with E-state index in [2.05, 4.69) is 15.0 Å². The van der Waals surface area contributed by atoms with E-state index in [-0.39, 0.29) is 37.7 Å². The molecule has 0 aliphatic heterocycles. The zero-order chi connectivity index (χ0) is 26.5. The molecule has 0 spiro atoms. The van der Waals surface area contributed by atoms with Crippen LogP contribution in [0.15, 0.2) is 76.6 Å². The average molecular weight is 550 g/mol. The van der Waals surface area contributed by atoms with Crippen LogP contribution in [-0.2, 0) is 14.8 Å². The number of hydrogen-bond donors (Lipinski definition) is 5. The van der Waals surface area contributed by atoms with E-state index in [4.69, 9.17) is 34.7 Å². The summed E-state index contributed by atoms with van der Waals surface area (Å²) in [6, 6.07) is 14.8. The number of carboxylic acids is 1. The van der Waals surface area contributed by atoms with Gasteiger partial charge in [-0.05, 0) is 60.2 Å². The summed E-state index contributed by atoms with van der Waals surface area (Å²) < 4.78 is 28.6. The number of halogens is 2. The lowest BCUT2D eigenvalue weighted by Crippen LogP contribution is -2.30. The van der Waals surface area contributed by atoms with E-state index < -0.39 is 34.4 Å². The third-order valence-electron chi connectivity index (χ3n) is 4.73. The minimum Gasteiger partial charge on any atom is -0.481 e. The zero-order valence-corrected chi connectivity index (χ0v) is 20.8. The van der Waals surface area contributed by atoms with Crippen LogP contribution in [0.5, 0.6) is 0 Å². The summed E-state index contributed by atoms with van der Waals surface area (Å²) in [6.45, 7) is 0. The predicted octanol–water partition coefficient (Wildman–Crippen LogP) is 3.64. The summed E-state index contributed by atoms with van der Waals surface area (Å²) in [7, 11) is -4.22. The van der Waals surface area contributed by atoms with E-state index in [0.717, 1.165) is 0 Å². The first-order chi connectivity index (χ1) is 16.9. The van der Waals surface area contributed by atoms with Gasteiger partial charge in [-0.1, -0.05) is 35.3 Å². The molecule has 0 aromatic heterocycles. The van der Waals surface area contributed by atoms with Crippen molar-refractivity contribution in [2.45, 2.75) is 17.4 Å². The molecule has 36 heavy (non-hydrogen) atoms. The van der Waals surface area contributed by atoms with E-state index >= 15 is 0 Å². The van der Waals surface area contributed by atoms with Gasteiger partial charge in [-0.2, -0.15) is 0 Å². The van der Waals surface area contributed by atoms with Gasteiger partial charge in [0, 0.05) is 21.3 Å². The lowest BCUT2D eigenvalue weighted by atomic mass is 10.1. The lowest BCUT2D eigenvalue weighted by Gasteiger charge is -2.18. The molecular weight excluding hydrogens is 529 g/mol. The van der Waals surface area contributed by atoms with Crippen LogP contribution in [0.1, 0.15) is 28.4 Å². The van der Waals surface area contributed by atoms with Gasteiger partial charge in [0.05, 0.1) is 23.0 Å². The molecule has 7 N–H and O–H groups in total. The average Bonchev–Trinajstić information content (AvgIpc) is 2.77. The summed E-state index contributed by atoms with van der Waals surface area (Å²) >= 11 is 12.0. The number of amides is 1. The van der Waals surface area contributed by atoms with Crippen molar-refractivity contribution in [1.82, 2.24) is 4.72 Å². The number of nitrogens with two attached hydrogens (primary N) is 2. The third kappa shape index (κ3) is 7.43. The van der Waals surface area contributed by atoms with Crippen LogP contribution < -0.4 is 21.5 Å². The summed E-state index contributed by atoms with van der Waals surface area (Å²) in [5.41, 5.74) is 11.8. The SMILES string of the molecule is NC(N)=Nc1cccc(C(=O)Nc2cccc(S(=O)(=O)NC(CC(=O)O)c3cc(Cl)cc(Cl)c3)c2)c1. The van der Waals surface area contributed by atoms with Gasteiger partial charge in [0.15, 0.2) is 5.96 Å². The molecule has 1 atom stereocenters. The molecular formula is C23H21Cl2N5O5S. The molecule has 10 nitrogen and oxygen atoms in total. The summed E-state index contributed by atoms with van der Waals surface area (Å²) in [5, 5.41) is 12.4. The van der Waals surface area contributed by atoms with Gasteiger partial charge in [0.25, 0.3) is 5.91 Å². The normalized spacial score (nSPS) is 11.9. The molecule has 0 saturated heterocycles. The fourth-order valence-corrected chi connectivity index (χ4v) is 5.06. The Hall–Kier alpha value is -3.64. The fraction of sp³-hybridized carbons (Fsp3) is 0.0870. The van der Waals surface area contributed by atoms with Crippen molar-refractivity contribution in [1.29, 1.82) is 0 Å². The maximum atomic E-state index is 13.1. The molecule has 0 saturated carbocycles. The number of carbonyl (C=O) groups excluding carboxylic acids is 1. The summed E-state index contributed by atoms with van der Waals surface area (Å²) in [6.07, 6.45) is -0.557. The van der Waals surface area contributed by atoms with Crippen molar-refractivity contribution < 1.29 is 23.1 Å². The Morgan fingerprint density at radius 1 is 0.972 bits per heavy atom. The van der Waals surface area contributed by atoms with Crippen LogP contribution in [0.25, 0.3) is 0 Å². The largest absolute Gasteiger partial charge is 0.481 e. The van der Waals surface area contributed by atoms with Gasteiger partial charge in [0.1, 0.15) is 0 Å². The quantitative estimate of drug-likeness (QED) is 0.199. The Morgan fingerprint density at radius 2 is 1.64 bits per heavy atom. The maximum absolute atomic E-state index is 13.1. The van der Waals surface area contributed by atoms with Crippen molar-refractivity contribution >= 4 is 62.4 Å². The van der Waals surface area contributed by atoms with Crippen LogP contribution in [0, 0.1) is 0 Å². The van der Waals surface area contributed by atoms with Crippen molar-refractivity contribution in [3.63, 3.8) is 0 Å². The molecule has 1 unspecified atom stereocenters. The van der Waals surface area contributed by atoms with Gasteiger partial charge in [-0.3, -0.25) is 9.59 Å². The predicted molar refractivity (Wildman–Crippen MR) is 138 cm³/mol. The van der Waals surface area contributed by atoms with Crippen LogP contribution in [0.4, 0.5) is 11.4 Å². The number of aliphatic imine (C=N–C) groups is 1. The summed E-state index contributed by atoms with van der Waals surface area (Å²) in [4.78, 5) is 27.8. The highest BCUT2D eigenvalue weighted by Crippen LogP contribution is 2.27. The van der Waals surface area contributed by atoms with E-state index in [1.807, 2.05) is 0 Å². The van der Waals surface area contributed by atoms with E-state index in [1.54, 1.807) is 12.1 Å². The number of nitrogens with one attached hydrogen (secondary N) is 2. The highest BCUT2D eigenvalue weighted by molar-refractivity contribution is 7.89. The van der Waals surface area contributed by atoms with Crippen molar-refractivity contribution in [3.05, 3.63) is 87.9 Å². The number of nitrogens with zero attached hydrogens (tertiary/aromatic N) is 1. The minimum absolute atomic E-state index is 0.167. The maximum Gasteiger partial charge on any atom is 0.305 e. The lowest BCUT2D eigenvalue weighted by molar-refractivity contribution is -0.137. The molecule has 188 valence electrons. The van der Waals surface area contributed by atoms with Crippen molar-refractivity contribution in [2.75, 3.05) is 5.32 Å². The molecule has 0 fully saturated rings. The van der Waals surface area contributed by atoms with E-state index in [0.29, 0.717) is 5.69 Å². The Morgan fingerprint density at radius 3 is 2.28 bits per heavy atom. The van der Waals surface area contributed by atoms with E-state index in [1.165, 1.54) is 54.6 Å². The molecule has 13 heteroatoms. The van der Waals surface area contributed by atoms with Crippen molar-refractivity contribution in [3.8, 4) is 0 Å². The number of aliphatic carboxylic acids is 1. The van der Waals surface area contributed by atoms with E-state index in [9.17, 15) is 23.1 Å². The van der Waals surface area contributed by atoms with Gasteiger partial charge in [-0.15, -0.1) is 0 Å². The minimum atomic E-state index is -4.22. The highest BCUT2D eigenvalue weighted by Gasteiger charge is 2.25. The molecule has 3 aromatic carbocycles. The number of guanidine groups is 1. The number of rotatable bonds is 9. The van der Waals surface area contributed by atoms with Gasteiger partial charge in [-0.25, -0.2) is 18.1 Å². The molecule has 3 aromatic rings. The topological polar surface area (TPSA) is 177 Å². The second-order valence-electron chi connectivity index (χ2n) is 7.54. The Bertz CT molecular complexity index is 1420. The third-order valence-corrected chi connectivity index (χ3v) is 6.64. The first kappa shape index (κ1) is 27.0. The van der Waals surface area contributed by atoms with Gasteiger partial charge in [0.2, 0.25) is 10.0 Å². The second-order valence-corrected chi connectivity index (χ2v) is 10.1. The molecule has 0 bridgehead atoms. The number of hydrogen-bond acceptors (Lipinski definition) is 5. The number of carbonyl (C=O) groups is 2. The second kappa shape index (κ2) is 11.4. The fourth-order valence-electron chi connectivity index (χ4n) is 3.24. The number of sulfonamides is 1. The Balaban J connectivity index is 1.85. The first-order valence-electron chi connectivity index (χ1n) is 10.2. The molecule has 0 aliphatic carbocycles. The van der Waals surface area contributed by atoms with Gasteiger partial charge < -0.3 is 21.9 Å². The molecule has 0 heterocycles. The Kier molecular flexibility index (Phi) is 8.53. The number of carboxylic acid groups (broad SMARTS) is 1. The smallest absolute Gasteiger partial charge is 0.305 e. The highest BCUT2D eigenvalue weighted by atomic mass is 35.5. The molecule has 0 radical (unpaired) electrons.